The molecule has 2 heterocycles. The van der Waals surface area contributed by atoms with Gasteiger partial charge in [0.05, 0.1) is 13.1 Å². The monoisotopic (exact) mass is 338 g/mol. The van der Waals surface area contributed by atoms with Gasteiger partial charge in [-0.3, -0.25) is 4.79 Å². The molecule has 1 amide bonds. The summed E-state index contributed by atoms with van der Waals surface area (Å²) < 4.78 is 15.1. The van der Waals surface area contributed by atoms with Gasteiger partial charge >= 0.3 is 5.97 Å². The molecule has 9 heteroatoms. The van der Waals surface area contributed by atoms with E-state index in [4.69, 9.17) is 11.6 Å². The Morgan fingerprint density at radius 3 is 2.74 bits per heavy atom. The zero-order valence-electron chi connectivity index (χ0n) is 12.0. The molecule has 2 aromatic rings. The van der Waals surface area contributed by atoms with Crippen LogP contribution < -0.4 is 0 Å². The van der Waals surface area contributed by atoms with Gasteiger partial charge in [0.1, 0.15) is 17.7 Å². The molecule has 1 N–H and O–H groups in total. The highest BCUT2D eigenvalue weighted by Gasteiger charge is 2.36. The lowest BCUT2D eigenvalue weighted by Crippen LogP contribution is -2.50. The normalized spacial score (nSPS) is 17.0. The summed E-state index contributed by atoms with van der Waals surface area (Å²) in [6, 6.07) is 2.31. The fourth-order valence-corrected chi connectivity index (χ4v) is 2.80. The van der Waals surface area contributed by atoms with E-state index in [1.807, 2.05) is 0 Å². The summed E-state index contributed by atoms with van der Waals surface area (Å²) >= 11 is 5.76. The number of fused-ring (bicyclic) bond motifs is 1. The average molecular weight is 339 g/mol. The van der Waals surface area contributed by atoms with E-state index < -0.39 is 23.7 Å². The van der Waals surface area contributed by atoms with Crippen molar-refractivity contribution in [3.05, 3.63) is 46.3 Å². The third kappa shape index (κ3) is 2.77. The number of rotatable bonds is 2. The number of aliphatic carboxylic acids is 1. The first kappa shape index (κ1) is 15.4. The third-order valence-electron chi connectivity index (χ3n) is 3.71. The molecule has 0 fully saturated rings. The van der Waals surface area contributed by atoms with Crippen LogP contribution in [-0.2, 0) is 17.9 Å². The van der Waals surface area contributed by atoms with Crippen molar-refractivity contribution in [3.63, 3.8) is 0 Å². The summed E-state index contributed by atoms with van der Waals surface area (Å²) in [5.41, 5.74) is -0.00839. The van der Waals surface area contributed by atoms with E-state index in [0.717, 1.165) is 17.0 Å². The standard InChI is InChI=1S/C14H12ClFN4O3/c1-7-17-18-12-6-20(11(14(22)23)5-19(7)12)13(21)8-2-9(15)4-10(16)3-8/h2-4,11H,5-6H2,1H3,(H,22,23). The second kappa shape index (κ2) is 5.62. The summed E-state index contributed by atoms with van der Waals surface area (Å²) in [7, 11) is 0. The summed E-state index contributed by atoms with van der Waals surface area (Å²) in [6.07, 6.45) is 0. The molecule has 1 aliphatic rings. The molecule has 0 saturated heterocycles. The minimum absolute atomic E-state index is 0.00839. The lowest BCUT2D eigenvalue weighted by molar-refractivity contribution is -0.143. The van der Waals surface area contributed by atoms with Crippen LogP contribution in [0.1, 0.15) is 22.0 Å². The number of aryl methyl sites for hydroxylation is 1. The van der Waals surface area contributed by atoms with Crippen LogP contribution in [-0.4, -0.2) is 42.7 Å². The molecule has 1 unspecified atom stereocenters. The highest BCUT2D eigenvalue weighted by atomic mass is 35.5. The first-order chi connectivity index (χ1) is 10.9. The largest absolute Gasteiger partial charge is 0.480 e. The topological polar surface area (TPSA) is 88.3 Å². The molecule has 1 atom stereocenters. The Kier molecular flexibility index (Phi) is 3.77. The number of hydrogen-bond acceptors (Lipinski definition) is 4. The van der Waals surface area contributed by atoms with Crippen LogP contribution in [0.3, 0.4) is 0 Å². The average Bonchev–Trinajstić information content (AvgIpc) is 2.85. The first-order valence-corrected chi connectivity index (χ1v) is 7.13. The Balaban J connectivity index is 1.99. The molecule has 1 aromatic carbocycles. The molecule has 0 radical (unpaired) electrons. The van der Waals surface area contributed by atoms with Gasteiger partial charge in [-0.25, -0.2) is 9.18 Å². The van der Waals surface area contributed by atoms with E-state index in [1.165, 1.54) is 6.07 Å². The molecule has 1 aliphatic heterocycles. The molecule has 0 aliphatic carbocycles. The van der Waals surface area contributed by atoms with Crippen molar-refractivity contribution in [2.24, 2.45) is 0 Å². The van der Waals surface area contributed by atoms with Crippen LogP contribution in [0.2, 0.25) is 5.02 Å². The predicted molar refractivity (Wildman–Crippen MR) is 77.5 cm³/mol. The Bertz CT molecular complexity index is 787. The van der Waals surface area contributed by atoms with Crippen molar-refractivity contribution in [3.8, 4) is 0 Å². The van der Waals surface area contributed by atoms with Gasteiger partial charge in [0.2, 0.25) is 0 Å². The second-order valence-corrected chi connectivity index (χ2v) is 5.66. The van der Waals surface area contributed by atoms with Crippen molar-refractivity contribution in [1.29, 1.82) is 0 Å². The number of carboxylic acids is 1. The molecular weight excluding hydrogens is 327 g/mol. The molecule has 7 nitrogen and oxygen atoms in total. The predicted octanol–water partition coefficient (Wildman–Crippen LogP) is 1.49. The van der Waals surface area contributed by atoms with Crippen LogP contribution in [0.4, 0.5) is 4.39 Å². The SMILES string of the molecule is Cc1nnc2n1CC(C(=O)O)N(C(=O)c1cc(F)cc(Cl)c1)C2. The number of benzene rings is 1. The van der Waals surface area contributed by atoms with E-state index in [1.54, 1.807) is 11.5 Å². The summed E-state index contributed by atoms with van der Waals surface area (Å²) in [5.74, 6) is -1.38. The number of halogens is 2. The van der Waals surface area contributed by atoms with Crippen molar-refractivity contribution >= 4 is 23.5 Å². The lowest BCUT2D eigenvalue weighted by Gasteiger charge is -2.33. The van der Waals surface area contributed by atoms with Crippen molar-refractivity contribution in [2.75, 3.05) is 0 Å². The number of carbonyl (C=O) groups excluding carboxylic acids is 1. The van der Waals surface area contributed by atoms with Gasteiger partial charge in [-0.1, -0.05) is 11.6 Å². The molecule has 0 saturated carbocycles. The zero-order valence-corrected chi connectivity index (χ0v) is 12.8. The molecule has 120 valence electrons. The summed E-state index contributed by atoms with van der Waals surface area (Å²) in [4.78, 5) is 25.3. The molecule has 3 rings (SSSR count). The van der Waals surface area contributed by atoms with Crippen molar-refractivity contribution in [2.45, 2.75) is 26.1 Å². The quantitative estimate of drug-likeness (QED) is 0.896. The Labute approximate surface area is 135 Å². The maximum atomic E-state index is 13.5. The Morgan fingerprint density at radius 2 is 2.09 bits per heavy atom. The van der Waals surface area contributed by atoms with Crippen molar-refractivity contribution in [1.82, 2.24) is 19.7 Å². The van der Waals surface area contributed by atoms with Crippen LogP contribution in [0.15, 0.2) is 18.2 Å². The van der Waals surface area contributed by atoms with Crippen LogP contribution in [0.25, 0.3) is 0 Å². The number of aromatic nitrogens is 3. The molecule has 0 bridgehead atoms. The van der Waals surface area contributed by atoms with Gasteiger partial charge in [-0.05, 0) is 25.1 Å². The van der Waals surface area contributed by atoms with Crippen LogP contribution in [0.5, 0.6) is 0 Å². The number of amides is 1. The molecular formula is C14H12ClFN4O3. The van der Waals surface area contributed by atoms with E-state index >= 15 is 0 Å². The highest BCUT2D eigenvalue weighted by molar-refractivity contribution is 6.31. The lowest BCUT2D eigenvalue weighted by atomic mass is 10.1. The summed E-state index contributed by atoms with van der Waals surface area (Å²) in [6.45, 7) is 1.72. The maximum Gasteiger partial charge on any atom is 0.328 e. The van der Waals surface area contributed by atoms with E-state index in [-0.39, 0.29) is 23.7 Å². The van der Waals surface area contributed by atoms with E-state index in [0.29, 0.717) is 11.6 Å². The van der Waals surface area contributed by atoms with Gasteiger partial charge in [-0.2, -0.15) is 0 Å². The fraction of sp³-hybridized carbons (Fsp3) is 0.286. The maximum absolute atomic E-state index is 13.5. The van der Waals surface area contributed by atoms with Gasteiger partial charge < -0.3 is 14.6 Å². The van der Waals surface area contributed by atoms with E-state index in [2.05, 4.69) is 10.2 Å². The van der Waals surface area contributed by atoms with Gasteiger partial charge in [0, 0.05) is 10.6 Å². The molecule has 1 aromatic heterocycles. The minimum Gasteiger partial charge on any atom is -0.480 e. The van der Waals surface area contributed by atoms with Crippen molar-refractivity contribution < 1.29 is 19.1 Å². The molecule has 23 heavy (non-hydrogen) atoms. The van der Waals surface area contributed by atoms with Crippen LogP contribution >= 0.6 is 11.6 Å². The second-order valence-electron chi connectivity index (χ2n) is 5.22. The van der Waals surface area contributed by atoms with E-state index in [9.17, 15) is 19.1 Å². The Morgan fingerprint density at radius 1 is 1.35 bits per heavy atom. The fourth-order valence-electron chi connectivity index (χ4n) is 2.58. The number of carboxylic acid groups (broad SMARTS) is 1. The molecule has 0 spiro atoms. The zero-order chi connectivity index (χ0) is 16.7. The first-order valence-electron chi connectivity index (χ1n) is 6.75. The Hall–Kier alpha value is -2.48. The van der Waals surface area contributed by atoms with Gasteiger partial charge in [-0.15, -0.1) is 10.2 Å². The van der Waals surface area contributed by atoms with Gasteiger partial charge in [0.15, 0.2) is 5.82 Å². The minimum atomic E-state index is -1.15. The number of nitrogens with zero attached hydrogens (tertiary/aromatic N) is 4. The number of carbonyl (C=O) groups is 2. The third-order valence-corrected chi connectivity index (χ3v) is 3.93. The summed E-state index contributed by atoms with van der Waals surface area (Å²) in [5, 5.41) is 17.3. The van der Waals surface area contributed by atoms with Crippen LogP contribution in [0, 0.1) is 12.7 Å². The van der Waals surface area contributed by atoms with Gasteiger partial charge in [0.25, 0.3) is 5.91 Å². The smallest absolute Gasteiger partial charge is 0.328 e. The highest BCUT2D eigenvalue weighted by Crippen LogP contribution is 2.22. The number of hydrogen-bond donors (Lipinski definition) is 1.